The summed E-state index contributed by atoms with van der Waals surface area (Å²) in [5, 5.41) is 4.43. The summed E-state index contributed by atoms with van der Waals surface area (Å²) in [6.45, 7) is 0.322. The number of fused-ring (bicyclic) bond motifs is 1. The minimum atomic E-state index is -0.206. The largest absolute Gasteiger partial charge is 0.354 e. The Balaban J connectivity index is 1.43. The van der Waals surface area contributed by atoms with Gasteiger partial charge in [-0.1, -0.05) is 84.4 Å². The lowest BCUT2D eigenvalue weighted by Gasteiger charge is -2.09. The molecule has 39 heavy (non-hydrogen) atoms. The first-order valence-corrected chi connectivity index (χ1v) is 13.0. The van der Waals surface area contributed by atoms with E-state index in [2.05, 4.69) is 51.7 Å². The minimum Gasteiger partial charge on any atom is -0.354 e. The van der Waals surface area contributed by atoms with Crippen molar-refractivity contribution in [2.24, 2.45) is 0 Å². The number of hydrogen-bond donors (Lipinski definition) is 3. The fourth-order valence-electron chi connectivity index (χ4n) is 4.83. The highest BCUT2D eigenvalue weighted by Gasteiger charge is 2.19. The Morgan fingerprint density at radius 2 is 1.49 bits per heavy atom. The zero-order valence-electron chi connectivity index (χ0n) is 20.9. The Morgan fingerprint density at radius 3 is 2.26 bits per heavy atom. The summed E-state index contributed by atoms with van der Waals surface area (Å²) in [6, 6.07) is 35.0. The van der Waals surface area contributed by atoms with Crippen molar-refractivity contribution in [3.8, 4) is 33.5 Å². The van der Waals surface area contributed by atoms with E-state index in [-0.39, 0.29) is 11.5 Å². The van der Waals surface area contributed by atoms with Crippen LogP contribution in [0.4, 0.5) is 0 Å². The van der Waals surface area contributed by atoms with Gasteiger partial charge in [-0.15, -0.1) is 0 Å². The summed E-state index contributed by atoms with van der Waals surface area (Å²) >= 11 is 6.26. The van der Waals surface area contributed by atoms with Gasteiger partial charge in [0.1, 0.15) is 0 Å². The highest BCUT2D eigenvalue weighted by atomic mass is 35.5. The molecule has 0 bridgehead atoms. The molecule has 6 rings (SSSR count). The lowest BCUT2D eigenvalue weighted by Crippen LogP contribution is -2.22. The van der Waals surface area contributed by atoms with E-state index < -0.39 is 0 Å². The Morgan fingerprint density at radius 1 is 0.769 bits per heavy atom. The maximum atomic E-state index is 13.1. The van der Waals surface area contributed by atoms with E-state index in [9.17, 15) is 9.59 Å². The quantitative estimate of drug-likeness (QED) is 0.210. The maximum Gasteiger partial charge on any atom is 0.257 e. The van der Waals surface area contributed by atoms with Crippen molar-refractivity contribution in [2.75, 3.05) is 0 Å². The van der Waals surface area contributed by atoms with Gasteiger partial charge in [-0.25, -0.2) is 0 Å². The van der Waals surface area contributed by atoms with Gasteiger partial charge in [0.05, 0.1) is 11.3 Å². The zero-order valence-corrected chi connectivity index (χ0v) is 21.6. The van der Waals surface area contributed by atoms with Gasteiger partial charge in [0, 0.05) is 39.8 Å². The second-order valence-corrected chi connectivity index (χ2v) is 9.67. The number of rotatable bonds is 6. The molecule has 0 fully saturated rings. The third-order valence-corrected chi connectivity index (χ3v) is 7.19. The number of benzene rings is 4. The summed E-state index contributed by atoms with van der Waals surface area (Å²) in [4.78, 5) is 32.1. The van der Waals surface area contributed by atoms with Crippen molar-refractivity contribution in [2.45, 2.75) is 6.54 Å². The molecule has 5 nitrogen and oxygen atoms in total. The Kier molecular flexibility index (Phi) is 6.57. The molecule has 0 spiro atoms. The molecular formula is C33H24ClN3O2. The second-order valence-electron chi connectivity index (χ2n) is 9.27. The third-order valence-electron chi connectivity index (χ3n) is 6.83. The van der Waals surface area contributed by atoms with Gasteiger partial charge < -0.3 is 15.3 Å². The first kappa shape index (κ1) is 24.5. The molecule has 0 aliphatic rings. The highest BCUT2D eigenvalue weighted by molar-refractivity contribution is 6.31. The van der Waals surface area contributed by atoms with Gasteiger partial charge in [0.2, 0.25) is 0 Å². The number of pyridine rings is 1. The third kappa shape index (κ3) is 4.88. The molecule has 0 aliphatic carbocycles. The van der Waals surface area contributed by atoms with Crippen molar-refractivity contribution in [1.29, 1.82) is 0 Å². The average molecular weight is 530 g/mol. The van der Waals surface area contributed by atoms with Gasteiger partial charge >= 0.3 is 0 Å². The molecule has 3 N–H and O–H groups in total. The summed E-state index contributed by atoms with van der Waals surface area (Å²) in [5.74, 6) is -0.206. The van der Waals surface area contributed by atoms with Gasteiger partial charge in [-0.2, -0.15) is 0 Å². The standard InChI is InChI=1S/C33H24ClN3O2/c34-28-11-5-4-9-25(28)20-36-32(38)24-16-17-29-27(19-24)30(31(37-29)26-10-6-18-35-33(26)39)23-14-12-22(13-15-23)21-7-2-1-3-8-21/h1-19,37H,20H2,(H,35,39)(H,36,38). The van der Waals surface area contributed by atoms with E-state index in [0.717, 1.165) is 38.7 Å². The van der Waals surface area contributed by atoms with Crippen LogP contribution in [-0.2, 0) is 6.54 Å². The fraction of sp³-hybridized carbons (Fsp3) is 0.0303. The summed E-state index contributed by atoms with van der Waals surface area (Å²) in [5.41, 5.74) is 7.26. The molecule has 6 aromatic rings. The molecule has 0 atom stereocenters. The predicted molar refractivity (Wildman–Crippen MR) is 158 cm³/mol. The van der Waals surface area contributed by atoms with Crippen LogP contribution in [0.5, 0.6) is 0 Å². The lowest BCUT2D eigenvalue weighted by atomic mass is 9.96. The van der Waals surface area contributed by atoms with Crippen LogP contribution in [0.15, 0.2) is 120 Å². The molecule has 0 saturated heterocycles. The number of H-pyrrole nitrogens is 2. The minimum absolute atomic E-state index is 0.191. The van der Waals surface area contributed by atoms with Crippen molar-refractivity contribution in [1.82, 2.24) is 15.3 Å². The number of amides is 1. The van der Waals surface area contributed by atoms with Crippen LogP contribution < -0.4 is 10.9 Å². The second kappa shape index (κ2) is 10.5. The molecular weight excluding hydrogens is 506 g/mol. The Bertz CT molecular complexity index is 1850. The smallest absolute Gasteiger partial charge is 0.257 e. The molecule has 1 amide bonds. The summed E-state index contributed by atoms with van der Waals surface area (Å²) in [6.07, 6.45) is 1.62. The number of nitrogens with one attached hydrogen (secondary N) is 3. The molecule has 2 heterocycles. The van der Waals surface area contributed by atoms with E-state index in [0.29, 0.717) is 28.4 Å². The molecule has 2 aromatic heterocycles. The van der Waals surface area contributed by atoms with Crippen LogP contribution in [-0.4, -0.2) is 15.9 Å². The average Bonchev–Trinajstić information content (AvgIpc) is 3.36. The van der Waals surface area contributed by atoms with Crippen LogP contribution in [0.25, 0.3) is 44.4 Å². The molecule has 190 valence electrons. The van der Waals surface area contributed by atoms with Crippen LogP contribution in [0.3, 0.4) is 0 Å². The van der Waals surface area contributed by atoms with E-state index in [4.69, 9.17) is 11.6 Å². The van der Waals surface area contributed by atoms with Gasteiger partial charge in [0.25, 0.3) is 11.5 Å². The van der Waals surface area contributed by atoms with E-state index in [1.165, 1.54) is 0 Å². The van der Waals surface area contributed by atoms with Gasteiger partial charge in [-0.05, 0) is 58.7 Å². The van der Waals surface area contributed by atoms with Gasteiger partial charge in [-0.3, -0.25) is 9.59 Å². The van der Waals surface area contributed by atoms with Crippen LogP contribution >= 0.6 is 11.6 Å². The number of hydrogen-bond acceptors (Lipinski definition) is 2. The van der Waals surface area contributed by atoms with Crippen molar-refractivity contribution in [3.63, 3.8) is 0 Å². The normalized spacial score (nSPS) is 11.0. The Labute approximate surface area is 230 Å². The van der Waals surface area contributed by atoms with Crippen LogP contribution in [0.1, 0.15) is 15.9 Å². The van der Waals surface area contributed by atoms with Crippen LogP contribution in [0, 0.1) is 0 Å². The molecule has 4 aromatic carbocycles. The Hall–Kier alpha value is -4.87. The summed E-state index contributed by atoms with van der Waals surface area (Å²) < 4.78 is 0. The monoisotopic (exact) mass is 529 g/mol. The number of aromatic amines is 2. The number of carbonyl (C=O) groups excluding carboxylic acids is 1. The van der Waals surface area contributed by atoms with Crippen molar-refractivity contribution in [3.05, 3.63) is 142 Å². The van der Waals surface area contributed by atoms with Crippen molar-refractivity contribution >= 4 is 28.4 Å². The van der Waals surface area contributed by atoms with E-state index in [1.807, 2.05) is 48.5 Å². The molecule has 0 unspecified atom stereocenters. The van der Waals surface area contributed by atoms with E-state index >= 15 is 0 Å². The number of carbonyl (C=O) groups is 1. The SMILES string of the molecule is O=C(NCc1ccccc1Cl)c1ccc2[nH]c(-c3ccc[nH]c3=O)c(-c3ccc(-c4ccccc4)cc3)c2c1. The van der Waals surface area contributed by atoms with Crippen molar-refractivity contribution < 1.29 is 4.79 Å². The predicted octanol–water partition coefficient (Wildman–Crippen LogP) is 7.44. The highest BCUT2D eigenvalue weighted by Crippen LogP contribution is 2.38. The molecule has 6 heteroatoms. The number of halogens is 1. The first-order chi connectivity index (χ1) is 19.1. The van der Waals surface area contributed by atoms with Gasteiger partial charge in [0.15, 0.2) is 0 Å². The topological polar surface area (TPSA) is 77.8 Å². The van der Waals surface area contributed by atoms with Crippen LogP contribution in [0.2, 0.25) is 5.02 Å². The summed E-state index contributed by atoms with van der Waals surface area (Å²) in [7, 11) is 0. The molecule has 0 radical (unpaired) electrons. The molecule has 0 aliphatic heterocycles. The fourth-order valence-corrected chi connectivity index (χ4v) is 5.04. The lowest BCUT2D eigenvalue weighted by molar-refractivity contribution is 0.0951. The van der Waals surface area contributed by atoms with E-state index in [1.54, 1.807) is 30.5 Å². The maximum absolute atomic E-state index is 13.1. The zero-order chi connectivity index (χ0) is 26.8. The number of aromatic nitrogens is 2. The first-order valence-electron chi connectivity index (χ1n) is 12.6. The molecule has 0 saturated carbocycles.